The number of thioether (sulfide) groups is 1. The number of aromatic nitrogens is 1. The average molecular weight is 237 g/mol. The van der Waals surface area contributed by atoms with E-state index in [1.807, 2.05) is 18.7 Å². The third kappa shape index (κ3) is 2.50. The van der Waals surface area contributed by atoms with Gasteiger partial charge in [0.15, 0.2) is 0 Å². The first-order chi connectivity index (χ1) is 7.70. The quantitative estimate of drug-likeness (QED) is 0.851. The van der Waals surface area contributed by atoms with Gasteiger partial charge in [-0.1, -0.05) is 13.0 Å². The van der Waals surface area contributed by atoms with Crippen LogP contribution in [0.1, 0.15) is 18.2 Å². The molecule has 0 amide bonds. The molecule has 0 spiro atoms. The maximum Gasteiger partial charge on any atom is 0.128 e. The number of anilines is 1. The van der Waals surface area contributed by atoms with Crippen molar-refractivity contribution in [1.82, 2.24) is 4.98 Å². The van der Waals surface area contributed by atoms with Crippen molar-refractivity contribution in [3.8, 4) is 0 Å². The lowest BCUT2D eigenvalue weighted by Crippen LogP contribution is -2.37. The zero-order chi connectivity index (χ0) is 11.5. The third-order valence-corrected chi connectivity index (χ3v) is 4.10. The van der Waals surface area contributed by atoms with Gasteiger partial charge in [-0.2, -0.15) is 11.8 Å². The molecule has 1 aromatic rings. The predicted molar refractivity (Wildman–Crippen MR) is 71.0 cm³/mol. The minimum atomic E-state index is 0.575. The van der Waals surface area contributed by atoms with Crippen LogP contribution >= 0.6 is 11.8 Å². The van der Waals surface area contributed by atoms with Crippen LogP contribution in [0.3, 0.4) is 0 Å². The van der Waals surface area contributed by atoms with E-state index in [4.69, 9.17) is 5.73 Å². The topological polar surface area (TPSA) is 42.2 Å². The molecule has 2 rings (SSSR count). The average Bonchev–Trinajstić information content (AvgIpc) is 2.29. The fourth-order valence-electron chi connectivity index (χ4n) is 2.00. The van der Waals surface area contributed by atoms with Crippen molar-refractivity contribution in [1.29, 1.82) is 0 Å². The molecule has 0 aromatic carbocycles. The molecule has 0 radical (unpaired) electrons. The largest absolute Gasteiger partial charge is 0.355 e. The second-order valence-electron chi connectivity index (χ2n) is 4.25. The number of aryl methyl sites for hydroxylation is 1. The Balaban J connectivity index is 2.17. The van der Waals surface area contributed by atoms with Crippen molar-refractivity contribution < 1.29 is 0 Å². The summed E-state index contributed by atoms with van der Waals surface area (Å²) in [5.74, 6) is 2.29. The van der Waals surface area contributed by atoms with Gasteiger partial charge in [-0.25, -0.2) is 4.98 Å². The highest BCUT2D eigenvalue weighted by Crippen LogP contribution is 2.23. The Kier molecular flexibility index (Phi) is 3.71. The van der Waals surface area contributed by atoms with Gasteiger partial charge >= 0.3 is 0 Å². The van der Waals surface area contributed by atoms with Crippen molar-refractivity contribution in [2.75, 3.05) is 23.7 Å². The summed E-state index contributed by atoms with van der Waals surface area (Å²) in [6, 6.07) is 4.20. The van der Waals surface area contributed by atoms with Crippen LogP contribution in [0.25, 0.3) is 0 Å². The highest BCUT2D eigenvalue weighted by molar-refractivity contribution is 8.00. The third-order valence-electron chi connectivity index (χ3n) is 2.97. The Morgan fingerprint density at radius 1 is 1.56 bits per heavy atom. The van der Waals surface area contributed by atoms with E-state index >= 15 is 0 Å². The Labute approximate surface area is 101 Å². The molecule has 1 aromatic heterocycles. The molecule has 1 unspecified atom stereocenters. The normalized spacial score (nSPS) is 21.2. The van der Waals surface area contributed by atoms with E-state index in [2.05, 4.69) is 28.9 Å². The van der Waals surface area contributed by atoms with Crippen molar-refractivity contribution in [2.24, 2.45) is 5.73 Å². The molecule has 3 nitrogen and oxygen atoms in total. The Morgan fingerprint density at radius 3 is 3.00 bits per heavy atom. The van der Waals surface area contributed by atoms with E-state index in [-0.39, 0.29) is 0 Å². The van der Waals surface area contributed by atoms with Crippen LogP contribution in [0.4, 0.5) is 5.82 Å². The van der Waals surface area contributed by atoms with Gasteiger partial charge in [0.25, 0.3) is 0 Å². The highest BCUT2D eigenvalue weighted by atomic mass is 32.2. The summed E-state index contributed by atoms with van der Waals surface area (Å²) in [7, 11) is 0. The van der Waals surface area contributed by atoms with Crippen molar-refractivity contribution in [2.45, 2.75) is 25.6 Å². The number of pyridine rings is 1. The van der Waals surface area contributed by atoms with Gasteiger partial charge in [0, 0.05) is 36.3 Å². The molecule has 0 aliphatic carbocycles. The van der Waals surface area contributed by atoms with E-state index in [0.29, 0.717) is 11.8 Å². The molecule has 1 fully saturated rings. The molecule has 2 heterocycles. The fraction of sp³-hybridized carbons (Fsp3) is 0.583. The van der Waals surface area contributed by atoms with E-state index in [0.717, 1.165) is 30.2 Å². The standard InChI is InChI=1S/C12H19N3S/c1-9-8-15(5-6-16-9)12-4-3-11(7-13)10(2)14-12/h3-4,9H,5-8,13H2,1-2H3. The molecule has 1 saturated heterocycles. The first kappa shape index (κ1) is 11.7. The highest BCUT2D eigenvalue weighted by Gasteiger charge is 2.18. The first-order valence-corrected chi connectivity index (χ1v) is 6.78. The second-order valence-corrected chi connectivity index (χ2v) is 5.79. The first-order valence-electron chi connectivity index (χ1n) is 5.74. The summed E-state index contributed by atoms with van der Waals surface area (Å²) in [4.78, 5) is 7.01. The number of hydrogen-bond acceptors (Lipinski definition) is 4. The minimum Gasteiger partial charge on any atom is -0.355 e. The van der Waals surface area contributed by atoms with E-state index in [1.54, 1.807) is 0 Å². The van der Waals surface area contributed by atoms with Gasteiger partial charge in [-0.05, 0) is 18.6 Å². The lowest BCUT2D eigenvalue weighted by Gasteiger charge is -2.31. The summed E-state index contributed by atoms with van der Waals surface area (Å²) >= 11 is 2.04. The molecule has 2 N–H and O–H groups in total. The number of rotatable bonds is 2. The van der Waals surface area contributed by atoms with Gasteiger partial charge in [-0.3, -0.25) is 0 Å². The lowest BCUT2D eigenvalue weighted by atomic mass is 10.2. The van der Waals surface area contributed by atoms with Gasteiger partial charge < -0.3 is 10.6 Å². The Bertz CT molecular complexity index is 367. The van der Waals surface area contributed by atoms with Crippen LogP contribution in [0.2, 0.25) is 0 Å². The van der Waals surface area contributed by atoms with Crippen LogP contribution < -0.4 is 10.6 Å². The number of hydrogen-bond donors (Lipinski definition) is 1. The second kappa shape index (κ2) is 5.06. The van der Waals surface area contributed by atoms with Crippen molar-refractivity contribution in [3.63, 3.8) is 0 Å². The summed E-state index contributed by atoms with van der Waals surface area (Å²) < 4.78 is 0. The molecule has 4 heteroatoms. The monoisotopic (exact) mass is 237 g/mol. The Morgan fingerprint density at radius 2 is 2.38 bits per heavy atom. The fourth-order valence-corrected chi connectivity index (χ4v) is 3.01. The lowest BCUT2D eigenvalue weighted by molar-refractivity contribution is 0.766. The SMILES string of the molecule is Cc1nc(N2CCSC(C)C2)ccc1CN. The maximum absolute atomic E-state index is 5.64. The van der Waals surface area contributed by atoms with E-state index in [1.165, 1.54) is 5.75 Å². The minimum absolute atomic E-state index is 0.575. The van der Waals surface area contributed by atoms with Gasteiger partial charge in [0.05, 0.1) is 0 Å². The molecule has 0 bridgehead atoms. The molecule has 1 aliphatic heterocycles. The van der Waals surface area contributed by atoms with Gasteiger partial charge in [0.1, 0.15) is 5.82 Å². The number of nitrogens with two attached hydrogens (primary N) is 1. The van der Waals surface area contributed by atoms with Crippen LogP contribution in [0.5, 0.6) is 0 Å². The zero-order valence-electron chi connectivity index (χ0n) is 9.94. The molecule has 1 aliphatic rings. The molecule has 1 atom stereocenters. The van der Waals surface area contributed by atoms with E-state index < -0.39 is 0 Å². The Hall–Kier alpha value is -0.740. The zero-order valence-corrected chi connectivity index (χ0v) is 10.8. The smallest absolute Gasteiger partial charge is 0.128 e. The molecule has 88 valence electrons. The van der Waals surface area contributed by atoms with Crippen LogP contribution in [0.15, 0.2) is 12.1 Å². The maximum atomic E-state index is 5.64. The molecular formula is C12H19N3S. The van der Waals surface area contributed by atoms with Crippen LogP contribution in [-0.2, 0) is 6.54 Å². The van der Waals surface area contributed by atoms with Crippen molar-refractivity contribution >= 4 is 17.6 Å². The molecule has 16 heavy (non-hydrogen) atoms. The summed E-state index contributed by atoms with van der Waals surface area (Å²) in [6.07, 6.45) is 0. The van der Waals surface area contributed by atoms with Gasteiger partial charge in [0.2, 0.25) is 0 Å². The van der Waals surface area contributed by atoms with Gasteiger partial charge in [-0.15, -0.1) is 0 Å². The predicted octanol–water partition coefficient (Wildman–Crippen LogP) is 1.79. The summed E-state index contributed by atoms with van der Waals surface area (Å²) in [6.45, 7) is 7.08. The summed E-state index contributed by atoms with van der Waals surface area (Å²) in [5, 5.41) is 0.699. The van der Waals surface area contributed by atoms with E-state index in [9.17, 15) is 0 Å². The van der Waals surface area contributed by atoms with Crippen LogP contribution in [0, 0.1) is 6.92 Å². The molecule has 0 saturated carbocycles. The van der Waals surface area contributed by atoms with Crippen molar-refractivity contribution in [3.05, 3.63) is 23.4 Å². The number of nitrogens with zero attached hydrogens (tertiary/aromatic N) is 2. The molecular weight excluding hydrogens is 218 g/mol. The summed E-state index contributed by atoms with van der Waals surface area (Å²) in [5.41, 5.74) is 7.85. The van der Waals surface area contributed by atoms with Crippen LogP contribution in [-0.4, -0.2) is 29.1 Å².